The number of rotatable bonds is 9. The van der Waals surface area contributed by atoms with Crippen molar-refractivity contribution in [2.75, 3.05) is 26.8 Å². The van der Waals surface area contributed by atoms with Crippen LogP contribution in [0.3, 0.4) is 0 Å². The second-order valence-electron chi connectivity index (χ2n) is 4.97. The molecule has 0 radical (unpaired) electrons. The first kappa shape index (κ1) is 16.8. The zero-order valence-electron chi connectivity index (χ0n) is 12.6. The highest BCUT2D eigenvalue weighted by Crippen LogP contribution is 2.09. The summed E-state index contributed by atoms with van der Waals surface area (Å²) in [6.07, 6.45) is 1.48. The van der Waals surface area contributed by atoms with Crippen molar-refractivity contribution in [3.63, 3.8) is 0 Å². The molecule has 0 heterocycles. The fraction of sp³-hybridized carbons (Fsp3) is 0.562. The second-order valence-corrected chi connectivity index (χ2v) is 4.97. The quantitative estimate of drug-likeness (QED) is 0.651. The first-order chi connectivity index (χ1) is 9.58. The molecule has 20 heavy (non-hydrogen) atoms. The summed E-state index contributed by atoms with van der Waals surface area (Å²) in [5.74, 6) is -0.265. The van der Waals surface area contributed by atoms with Crippen LogP contribution in [0.1, 0.15) is 37.0 Å². The molecule has 4 heteroatoms. The largest absolute Gasteiger partial charge is 0.383 e. The van der Waals surface area contributed by atoms with E-state index in [-0.39, 0.29) is 11.6 Å². The third-order valence-corrected chi connectivity index (χ3v) is 3.59. The zero-order valence-corrected chi connectivity index (χ0v) is 12.6. The molecule has 0 saturated heterocycles. The Bertz CT molecular complexity index is 405. The van der Waals surface area contributed by atoms with Gasteiger partial charge < -0.3 is 4.74 Å². The number of methoxy groups -OCH3 is 1. The summed E-state index contributed by atoms with van der Waals surface area (Å²) < 4.78 is 17.9. The van der Waals surface area contributed by atoms with Gasteiger partial charge in [-0.1, -0.05) is 6.92 Å². The topological polar surface area (TPSA) is 29.5 Å². The average Bonchev–Trinajstić information content (AvgIpc) is 2.47. The van der Waals surface area contributed by atoms with E-state index in [1.54, 1.807) is 19.2 Å². The number of nitrogens with zero attached hydrogens (tertiary/aromatic N) is 1. The molecule has 0 saturated carbocycles. The van der Waals surface area contributed by atoms with E-state index in [0.717, 1.165) is 13.0 Å². The predicted octanol–water partition coefficient (Wildman–Crippen LogP) is 3.15. The lowest BCUT2D eigenvalue weighted by atomic mass is 10.1. The lowest BCUT2D eigenvalue weighted by Gasteiger charge is -2.27. The van der Waals surface area contributed by atoms with Gasteiger partial charge in [-0.05, 0) is 37.6 Å². The molecule has 0 bridgehead atoms. The second kappa shape index (κ2) is 8.82. The van der Waals surface area contributed by atoms with Crippen LogP contribution in [0.15, 0.2) is 24.3 Å². The van der Waals surface area contributed by atoms with Crippen molar-refractivity contribution in [3.8, 4) is 0 Å². The summed E-state index contributed by atoms with van der Waals surface area (Å²) in [5, 5.41) is 0. The molecule has 0 spiro atoms. The summed E-state index contributed by atoms with van der Waals surface area (Å²) in [6.45, 7) is 6.47. The molecule has 1 atom stereocenters. The SMILES string of the molecule is CCC(C)N(CCOC)CCC(=O)c1ccc(F)cc1. The normalized spacial score (nSPS) is 12.7. The van der Waals surface area contributed by atoms with E-state index in [1.807, 2.05) is 0 Å². The number of carbonyl (C=O) groups is 1. The Morgan fingerprint density at radius 1 is 1.30 bits per heavy atom. The number of halogens is 1. The summed E-state index contributed by atoms with van der Waals surface area (Å²) in [6, 6.07) is 6.15. The zero-order chi connectivity index (χ0) is 15.0. The molecule has 0 aliphatic heterocycles. The molecule has 0 aromatic heterocycles. The van der Waals surface area contributed by atoms with Crippen molar-refractivity contribution in [3.05, 3.63) is 35.6 Å². The fourth-order valence-electron chi connectivity index (χ4n) is 2.04. The van der Waals surface area contributed by atoms with Gasteiger partial charge in [0.15, 0.2) is 5.78 Å². The van der Waals surface area contributed by atoms with Crippen molar-refractivity contribution >= 4 is 5.78 Å². The first-order valence-corrected chi connectivity index (χ1v) is 7.10. The summed E-state index contributed by atoms with van der Waals surface area (Å²) in [7, 11) is 1.68. The van der Waals surface area contributed by atoms with Gasteiger partial charge in [-0.15, -0.1) is 0 Å². The van der Waals surface area contributed by atoms with E-state index in [9.17, 15) is 9.18 Å². The minimum atomic E-state index is -0.317. The molecule has 0 amide bonds. The van der Waals surface area contributed by atoms with E-state index in [4.69, 9.17) is 4.74 Å². The van der Waals surface area contributed by atoms with E-state index in [0.29, 0.717) is 31.2 Å². The minimum absolute atomic E-state index is 0.0516. The van der Waals surface area contributed by atoms with E-state index >= 15 is 0 Å². The van der Waals surface area contributed by atoms with Crippen LogP contribution in [0.4, 0.5) is 4.39 Å². The number of ether oxygens (including phenoxy) is 1. The van der Waals surface area contributed by atoms with Crippen LogP contribution in [0.2, 0.25) is 0 Å². The Morgan fingerprint density at radius 2 is 1.95 bits per heavy atom. The van der Waals surface area contributed by atoms with Gasteiger partial charge in [-0.3, -0.25) is 9.69 Å². The number of hydrogen-bond donors (Lipinski definition) is 0. The molecule has 0 fully saturated rings. The standard InChI is InChI=1S/C16H24FNO2/c1-4-13(2)18(11-12-20-3)10-9-16(19)14-5-7-15(17)8-6-14/h5-8,13H,4,9-12H2,1-3H3. The number of ketones is 1. The van der Waals surface area contributed by atoms with E-state index in [2.05, 4.69) is 18.7 Å². The van der Waals surface area contributed by atoms with E-state index < -0.39 is 0 Å². The predicted molar refractivity (Wildman–Crippen MR) is 78.5 cm³/mol. The van der Waals surface area contributed by atoms with E-state index in [1.165, 1.54) is 12.1 Å². The maximum absolute atomic E-state index is 12.8. The fourth-order valence-corrected chi connectivity index (χ4v) is 2.04. The van der Waals surface area contributed by atoms with Gasteiger partial charge in [0.1, 0.15) is 5.82 Å². The highest BCUT2D eigenvalue weighted by molar-refractivity contribution is 5.96. The lowest BCUT2D eigenvalue weighted by Crippen LogP contribution is -2.37. The van der Waals surface area contributed by atoms with Crippen molar-refractivity contribution in [2.45, 2.75) is 32.7 Å². The Hall–Kier alpha value is -1.26. The highest BCUT2D eigenvalue weighted by atomic mass is 19.1. The molecule has 1 aromatic rings. The third-order valence-electron chi connectivity index (χ3n) is 3.59. The van der Waals surface area contributed by atoms with Gasteiger partial charge in [0.05, 0.1) is 6.61 Å². The molecule has 112 valence electrons. The summed E-state index contributed by atoms with van der Waals surface area (Å²) in [5.41, 5.74) is 0.572. The van der Waals surface area contributed by atoms with Crippen LogP contribution < -0.4 is 0 Å². The van der Waals surface area contributed by atoms with Crippen molar-refractivity contribution < 1.29 is 13.9 Å². The van der Waals surface area contributed by atoms with Gasteiger partial charge in [0.2, 0.25) is 0 Å². The smallest absolute Gasteiger partial charge is 0.164 e. The Morgan fingerprint density at radius 3 is 2.50 bits per heavy atom. The maximum Gasteiger partial charge on any atom is 0.164 e. The summed E-state index contributed by atoms with van der Waals surface area (Å²) >= 11 is 0. The number of Topliss-reactive ketones (excluding diaryl/α,β-unsaturated/α-hetero) is 1. The molecule has 1 aromatic carbocycles. The van der Waals surface area contributed by atoms with Crippen molar-refractivity contribution in [2.24, 2.45) is 0 Å². The monoisotopic (exact) mass is 281 g/mol. The highest BCUT2D eigenvalue weighted by Gasteiger charge is 2.14. The van der Waals surface area contributed by atoms with Crippen LogP contribution in [0, 0.1) is 5.82 Å². The Labute approximate surface area is 120 Å². The summed E-state index contributed by atoms with van der Waals surface area (Å²) in [4.78, 5) is 14.3. The third kappa shape index (κ3) is 5.39. The Kier molecular flexibility index (Phi) is 7.41. The van der Waals surface area contributed by atoms with Crippen LogP contribution in [-0.2, 0) is 4.74 Å². The maximum atomic E-state index is 12.8. The molecule has 0 aliphatic rings. The molecule has 0 aliphatic carbocycles. The van der Waals surface area contributed by atoms with Gasteiger partial charge in [0, 0.05) is 38.2 Å². The van der Waals surface area contributed by atoms with Crippen molar-refractivity contribution in [1.82, 2.24) is 4.90 Å². The molecule has 0 N–H and O–H groups in total. The average molecular weight is 281 g/mol. The van der Waals surface area contributed by atoms with Crippen LogP contribution in [-0.4, -0.2) is 43.5 Å². The van der Waals surface area contributed by atoms with Crippen LogP contribution in [0.25, 0.3) is 0 Å². The first-order valence-electron chi connectivity index (χ1n) is 7.10. The Balaban J connectivity index is 2.53. The van der Waals surface area contributed by atoms with Crippen LogP contribution in [0.5, 0.6) is 0 Å². The van der Waals surface area contributed by atoms with Gasteiger partial charge in [-0.2, -0.15) is 0 Å². The molecule has 1 rings (SSSR count). The molecular weight excluding hydrogens is 257 g/mol. The number of hydrogen-bond acceptors (Lipinski definition) is 3. The minimum Gasteiger partial charge on any atom is -0.383 e. The van der Waals surface area contributed by atoms with Crippen LogP contribution >= 0.6 is 0 Å². The molecule has 3 nitrogen and oxygen atoms in total. The molecule has 1 unspecified atom stereocenters. The number of benzene rings is 1. The van der Waals surface area contributed by atoms with Gasteiger partial charge >= 0.3 is 0 Å². The number of carbonyl (C=O) groups excluding carboxylic acids is 1. The van der Waals surface area contributed by atoms with Gasteiger partial charge in [0.25, 0.3) is 0 Å². The lowest BCUT2D eigenvalue weighted by molar-refractivity contribution is 0.0916. The van der Waals surface area contributed by atoms with Crippen molar-refractivity contribution in [1.29, 1.82) is 0 Å². The molecular formula is C16H24FNO2. The van der Waals surface area contributed by atoms with Gasteiger partial charge in [-0.25, -0.2) is 4.39 Å².